The first-order valence-electron chi connectivity index (χ1n) is 5.56. The molecule has 0 aromatic heterocycles. The van der Waals surface area contributed by atoms with E-state index >= 15 is 0 Å². The molecule has 1 rings (SSSR count). The molecule has 0 aromatic carbocycles. The van der Waals surface area contributed by atoms with Crippen molar-refractivity contribution >= 4 is 0 Å². The summed E-state index contributed by atoms with van der Waals surface area (Å²) in [6.07, 6.45) is 0. The van der Waals surface area contributed by atoms with E-state index < -0.39 is 0 Å². The molecule has 1 fully saturated rings. The van der Waals surface area contributed by atoms with Gasteiger partial charge < -0.3 is 10.1 Å². The van der Waals surface area contributed by atoms with Crippen LogP contribution in [0.4, 0.5) is 0 Å². The molecule has 1 atom stereocenters. The lowest BCUT2D eigenvalue weighted by molar-refractivity contribution is 0.157. The van der Waals surface area contributed by atoms with E-state index in [9.17, 15) is 0 Å². The molecule has 0 radical (unpaired) electrons. The van der Waals surface area contributed by atoms with Crippen molar-refractivity contribution in [2.75, 3.05) is 20.3 Å². The molecule has 0 spiro atoms. The van der Waals surface area contributed by atoms with Gasteiger partial charge in [-0.3, -0.25) is 0 Å². The summed E-state index contributed by atoms with van der Waals surface area (Å²) in [6, 6.07) is 0.661. The van der Waals surface area contributed by atoms with Crippen LogP contribution in [0.3, 0.4) is 0 Å². The highest BCUT2D eigenvalue weighted by Crippen LogP contribution is 2.62. The third kappa shape index (κ3) is 1.96. The van der Waals surface area contributed by atoms with Crippen LogP contribution in [0.1, 0.15) is 34.6 Å². The number of rotatable bonds is 5. The minimum atomic E-state index is 0.444. The fourth-order valence-electron chi connectivity index (χ4n) is 2.37. The highest BCUT2D eigenvalue weighted by molar-refractivity contribution is 5.17. The van der Waals surface area contributed by atoms with E-state index in [4.69, 9.17) is 4.74 Å². The molecule has 14 heavy (non-hydrogen) atoms. The average Bonchev–Trinajstić information content (AvgIpc) is 2.41. The minimum absolute atomic E-state index is 0.444. The van der Waals surface area contributed by atoms with Crippen molar-refractivity contribution in [2.24, 2.45) is 16.7 Å². The van der Waals surface area contributed by atoms with Crippen LogP contribution < -0.4 is 5.32 Å². The van der Waals surface area contributed by atoms with Crippen LogP contribution in [0.2, 0.25) is 0 Å². The van der Waals surface area contributed by atoms with Crippen molar-refractivity contribution in [2.45, 2.75) is 40.7 Å². The molecule has 1 aliphatic carbocycles. The SMILES string of the molecule is COCC(C)CNC1C(C)(C)C1(C)C. The lowest BCUT2D eigenvalue weighted by Crippen LogP contribution is -2.29. The van der Waals surface area contributed by atoms with Crippen molar-refractivity contribution in [3.63, 3.8) is 0 Å². The molecule has 2 heteroatoms. The molecule has 1 saturated carbocycles. The van der Waals surface area contributed by atoms with Crippen LogP contribution in [-0.4, -0.2) is 26.3 Å². The zero-order chi connectivity index (χ0) is 11.0. The topological polar surface area (TPSA) is 21.3 Å². The molecule has 1 aliphatic rings. The fraction of sp³-hybridized carbons (Fsp3) is 1.00. The second-order valence-corrected chi connectivity index (χ2v) is 5.85. The van der Waals surface area contributed by atoms with Crippen LogP contribution in [-0.2, 0) is 4.74 Å². The molecule has 1 N–H and O–H groups in total. The second kappa shape index (κ2) is 3.82. The van der Waals surface area contributed by atoms with Crippen LogP contribution in [0.25, 0.3) is 0 Å². The van der Waals surface area contributed by atoms with Gasteiger partial charge in [0.05, 0.1) is 0 Å². The highest BCUT2D eigenvalue weighted by Gasteiger charge is 2.64. The smallest absolute Gasteiger partial charge is 0.0499 e. The number of ether oxygens (including phenoxy) is 1. The summed E-state index contributed by atoms with van der Waals surface area (Å²) in [5.74, 6) is 0.604. The van der Waals surface area contributed by atoms with E-state index in [-0.39, 0.29) is 0 Å². The Labute approximate surface area is 88.4 Å². The van der Waals surface area contributed by atoms with Crippen LogP contribution >= 0.6 is 0 Å². The van der Waals surface area contributed by atoms with Gasteiger partial charge in [0.15, 0.2) is 0 Å². The predicted molar refractivity (Wildman–Crippen MR) is 60.4 cm³/mol. The van der Waals surface area contributed by atoms with Crippen molar-refractivity contribution in [1.29, 1.82) is 0 Å². The third-order valence-electron chi connectivity index (χ3n) is 4.14. The quantitative estimate of drug-likeness (QED) is 0.733. The van der Waals surface area contributed by atoms with Gasteiger partial charge in [-0.1, -0.05) is 34.6 Å². The molecular formula is C12H25NO. The Kier molecular flexibility index (Phi) is 3.27. The first-order valence-corrected chi connectivity index (χ1v) is 5.56. The molecule has 0 aromatic rings. The molecular weight excluding hydrogens is 174 g/mol. The molecule has 0 bridgehead atoms. The molecule has 0 aliphatic heterocycles. The van der Waals surface area contributed by atoms with Gasteiger partial charge in [-0.25, -0.2) is 0 Å². The Morgan fingerprint density at radius 2 is 1.71 bits per heavy atom. The first-order chi connectivity index (χ1) is 6.34. The minimum Gasteiger partial charge on any atom is -0.384 e. The van der Waals surface area contributed by atoms with E-state index in [0.29, 0.717) is 22.8 Å². The summed E-state index contributed by atoms with van der Waals surface area (Å²) in [5, 5.41) is 3.64. The molecule has 2 nitrogen and oxygen atoms in total. The lowest BCUT2D eigenvalue weighted by Gasteiger charge is -2.12. The highest BCUT2D eigenvalue weighted by atomic mass is 16.5. The summed E-state index contributed by atoms with van der Waals surface area (Å²) in [4.78, 5) is 0. The van der Waals surface area contributed by atoms with E-state index in [1.165, 1.54) is 0 Å². The van der Waals surface area contributed by atoms with Gasteiger partial charge in [-0.2, -0.15) is 0 Å². The maximum Gasteiger partial charge on any atom is 0.0499 e. The summed E-state index contributed by atoms with van der Waals surface area (Å²) in [6.45, 7) is 13.5. The summed E-state index contributed by atoms with van der Waals surface area (Å²) >= 11 is 0. The van der Waals surface area contributed by atoms with E-state index in [1.54, 1.807) is 7.11 Å². The van der Waals surface area contributed by atoms with Crippen molar-refractivity contribution in [3.05, 3.63) is 0 Å². The van der Waals surface area contributed by atoms with Gasteiger partial charge in [0.25, 0.3) is 0 Å². The van der Waals surface area contributed by atoms with E-state index in [1.807, 2.05) is 0 Å². The summed E-state index contributed by atoms with van der Waals surface area (Å²) < 4.78 is 5.12. The van der Waals surface area contributed by atoms with Gasteiger partial charge in [-0.15, -0.1) is 0 Å². The molecule has 1 unspecified atom stereocenters. The van der Waals surface area contributed by atoms with Crippen LogP contribution in [0.15, 0.2) is 0 Å². The van der Waals surface area contributed by atoms with E-state index in [0.717, 1.165) is 13.2 Å². The summed E-state index contributed by atoms with van der Waals surface area (Å²) in [5.41, 5.74) is 0.888. The Morgan fingerprint density at radius 1 is 1.21 bits per heavy atom. The average molecular weight is 199 g/mol. The van der Waals surface area contributed by atoms with Gasteiger partial charge in [0, 0.05) is 26.3 Å². The maximum atomic E-state index is 5.12. The Balaban J connectivity index is 2.28. The van der Waals surface area contributed by atoms with Gasteiger partial charge in [-0.05, 0) is 16.7 Å². The standard InChI is InChI=1S/C12H25NO/c1-9(8-14-6)7-13-10-11(2,3)12(10,4)5/h9-10,13H,7-8H2,1-6H3. The van der Waals surface area contributed by atoms with E-state index in [2.05, 4.69) is 39.9 Å². The zero-order valence-corrected chi connectivity index (χ0v) is 10.5. The van der Waals surface area contributed by atoms with Crippen LogP contribution in [0.5, 0.6) is 0 Å². The number of hydrogen-bond acceptors (Lipinski definition) is 2. The Morgan fingerprint density at radius 3 is 2.07 bits per heavy atom. The van der Waals surface area contributed by atoms with Gasteiger partial charge in [0.1, 0.15) is 0 Å². The number of hydrogen-bond donors (Lipinski definition) is 1. The Bertz CT molecular complexity index is 184. The Hall–Kier alpha value is -0.0800. The molecule has 0 saturated heterocycles. The molecule has 84 valence electrons. The van der Waals surface area contributed by atoms with Crippen molar-refractivity contribution in [3.8, 4) is 0 Å². The first kappa shape index (κ1) is 12.0. The summed E-state index contributed by atoms with van der Waals surface area (Å²) in [7, 11) is 1.77. The third-order valence-corrected chi connectivity index (χ3v) is 4.14. The lowest BCUT2D eigenvalue weighted by atomic mass is 10.0. The monoisotopic (exact) mass is 199 g/mol. The van der Waals surface area contributed by atoms with Crippen molar-refractivity contribution < 1.29 is 4.74 Å². The number of nitrogens with one attached hydrogen (secondary N) is 1. The number of methoxy groups -OCH3 is 1. The van der Waals surface area contributed by atoms with Gasteiger partial charge in [0.2, 0.25) is 0 Å². The van der Waals surface area contributed by atoms with Crippen molar-refractivity contribution in [1.82, 2.24) is 5.32 Å². The molecule has 0 amide bonds. The van der Waals surface area contributed by atoms with Gasteiger partial charge >= 0.3 is 0 Å². The largest absolute Gasteiger partial charge is 0.384 e. The second-order valence-electron chi connectivity index (χ2n) is 5.85. The maximum absolute atomic E-state index is 5.12. The normalized spacial score (nSPS) is 26.1. The van der Waals surface area contributed by atoms with Crippen LogP contribution in [0, 0.1) is 16.7 Å². The zero-order valence-electron chi connectivity index (χ0n) is 10.5. The molecule has 0 heterocycles. The fourth-order valence-corrected chi connectivity index (χ4v) is 2.37. The predicted octanol–water partition coefficient (Wildman–Crippen LogP) is 2.29.